The fourth-order valence-electron chi connectivity index (χ4n) is 3.23. The Balaban J connectivity index is 1.51. The lowest BCUT2D eigenvalue weighted by molar-refractivity contribution is -0.123. The molecule has 1 unspecified atom stereocenters. The molecule has 0 spiro atoms. The van der Waals surface area contributed by atoms with Gasteiger partial charge < -0.3 is 19.5 Å². The number of nitrogens with one attached hydrogen (secondary N) is 1. The summed E-state index contributed by atoms with van der Waals surface area (Å²) < 4.78 is 16.5. The minimum Gasteiger partial charge on any atom is -0.494 e. The molecule has 0 saturated carbocycles. The lowest BCUT2D eigenvalue weighted by atomic mass is 10.0. The molecule has 1 aliphatic heterocycles. The average Bonchev–Trinajstić information content (AvgIpc) is 2.75. The molecule has 1 fully saturated rings. The van der Waals surface area contributed by atoms with Gasteiger partial charge >= 0.3 is 0 Å². The van der Waals surface area contributed by atoms with Gasteiger partial charge in [0.05, 0.1) is 25.9 Å². The van der Waals surface area contributed by atoms with Gasteiger partial charge in [0.15, 0.2) is 6.61 Å². The van der Waals surface area contributed by atoms with Gasteiger partial charge in [-0.1, -0.05) is 30.3 Å². The summed E-state index contributed by atoms with van der Waals surface area (Å²) in [7, 11) is 0. The lowest BCUT2D eigenvalue weighted by Crippen LogP contribution is -2.44. The Hall–Kier alpha value is -2.57. The van der Waals surface area contributed by atoms with Crippen LogP contribution in [-0.4, -0.2) is 56.9 Å². The highest BCUT2D eigenvalue weighted by atomic mass is 16.5. The van der Waals surface area contributed by atoms with Crippen LogP contribution in [0.4, 0.5) is 0 Å². The fourth-order valence-corrected chi connectivity index (χ4v) is 3.23. The van der Waals surface area contributed by atoms with E-state index in [0.29, 0.717) is 18.9 Å². The maximum Gasteiger partial charge on any atom is 0.258 e. The Morgan fingerprint density at radius 3 is 2.32 bits per heavy atom. The third-order valence-electron chi connectivity index (χ3n) is 4.67. The number of amides is 1. The second kappa shape index (κ2) is 10.7. The van der Waals surface area contributed by atoms with E-state index in [1.165, 1.54) is 5.56 Å². The van der Waals surface area contributed by atoms with Gasteiger partial charge in [-0.05, 0) is 36.8 Å². The molecule has 28 heavy (non-hydrogen) atoms. The minimum atomic E-state index is -0.136. The van der Waals surface area contributed by atoms with Gasteiger partial charge in [0, 0.05) is 19.6 Å². The molecule has 1 heterocycles. The molecular weight excluding hydrogens is 356 g/mol. The van der Waals surface area contributed by atoms with Crippen LogP contribution < -0.4 is 14.8 Å². The van der Waals surface area contributed by atoms with Crippen LogP contribution in [0.5, 0.6) is 11.5 Å². The van der Waals surface area contributed by atoms with Gasteiger partial charge in [0.2, 0.25) is 0 Å². The number of ether oxygens (including phenoxy) is 3. The van der Waals surface area contributed by atoms with Crippen LogP contribution in [0.15, 0.2) is 54.6 Å². The van der Waals surface area contributed by atoms with Gasteiger partial charge in [-0.2, -0.15) is 0 Å². The third kappa shape index (κ3) is 5.97. The molecule has 1 N–H and O–H groups in total. The molecule has 1 saturated heterocycles. The minimum absolute atomic E-state index is 0.0153. The van der Waals surface area contributed by atoms with E-state index in [1.807, 2.05) is 37.3 Å². The number of hydrogen-bond donors (Lipinski definition) is 1. The van der Waals surface area contributed by atoms with Crippen LogP contribution in [0, 0.1) is 0 Å². The van der Waals surface area contributed by atoms with E-state index in [1.54, 1.807) is 12.1 Å². The van der Waals surface area contributed by atoms with E-state index in [4.69, 9.17) is 14.2 Å². The normalized spacial score (nSPS) is 15.6. The summed E-state index contributed by atoms with van der Waals surface area (Å²) >= 11 is 0. The van der Waals surface area contributed by atoms with Crippen molar-refractivity contribution in [3.63, 3.8) is 0 Å². The van der Waals surface area contributed by atoms with Crippen molar-refractivity contribution in [2.45, 2.75) is 13.0 Å². The third-order valence-corrected chi connectivity index (χ3v) is 4.67. The first-order chi connectivity index (χ1) is 13.8. The van der Waals surface area contributed by atoms with Crippen molar-refractivity contribution in [2.75, 3.05) is 46.1 Å². The van der Waals surface area contributed by atoms with E-state index in [9.17, 15) is 4.79 Å². The van der Waals surface area contributed by atoms with Crippen LogP contribution >= 0.6 is 0 Å². The van der Waals surface area contributed by atoms with E-state index in [2.05, 4.69) is 22.3 Å². The van der Waals surface area contributed by atoms with Crippen molar-refractivity contribution in [3.05, 3.63) is 60.2 Å². The highest BCUT2D eigenvalue weighted by Gasteiger charge is 2.23. The molecule has 6 heteroatoms. The molecule has 6 nitrogen and oxygen atoms in total. The van der Waals surface area contributed by atoms with Crippen molar-refractivity contribution in [3.8, 4) is 11.5 Å². The molecule has 1 amide bonds. The Bertz CT molecular complexity index is 715. The van der Waals surface area contributed by atoms with E-state index in [-0.39, 0.29) is 18.6 Å². The van der Waals surface area contributed by atoms with E-state index < -0.39 is 0 Å². The number of nitrogens with zero attached hydrogens (tertiary/aromatic N) is 1. The molecule has 150 valence electrons. The Labute approximate surface area is 166 Å². The monoisotopic (exact) mass is 384 g/mol. The Kier molecular flexibility index (Phi) is 7.70. The maximum atomic E-state index is 12.3. The first-order valence-corrected chi connectivity index (χ1v) is 9.75. The number of rotatable bonds is 9. The zero-order valence-electron chi connectivity index (χ0n) is 16.3. The zero-order valence-corrected chi connectivity index (χ0v) is 16.3. The fraction of sp³-hybridized carbons (Fsp3) is 0.409. The van der Waals surface area contributed by atoms with Gasteiger partial charge in [-0.15, -0.1) is 0 Å². The standard InChI is InChI=1S/C22H28N2O4/c1-2-27-19-8-10-20(11-9-19)28-17-22(25)23-16-21(18-6-4-3-5-7-18)24-12-14-26-15-13-24/h3-11,21H,2,12-17H2,1H3,(H,23,25). The second-order valence-corrected chi connectivity index (χ2v) is 6.57. The van der Waals surface area contributed by atoms with Crippen LogP contribution in [0.25, 0.3) is 0 Å². The van der Waals surface area contributed by atoms with E-state index in [0.717, 1.165) is 32.1 Å². The molecule has 0 radical (unpaired) electrons. The number of carbonyl (C=O) groups excluding carboxylic acids is 1. The lowest BCUT2D eigenvalue weighted by Gasteiger charge is -2.34. The molecule has 1 aliphatic rings. The Morgan fingerprint density at radius 1 is 1.04 bits per heavy atom. The topological polar surface area (TPSA) is 60.0 Å². The number of carbonyl (C=O) groups is 1. The summed E-state index contributed by atoms with van der Waals surface area (Å²) in [6.07, 6.45) is 0. The average molecular weight is 384 g/mol. The predicted molar refractivity (Wildman–Crippen MR) is 108 cm³/mol. The van der Waals surface area contributed by atoms with Crippen LogP contribution in [0.1, 0.15) is 18.5 Å². The van der Waals surface area contributed by atoms with Crippen LogP contribution in [-0.2, 0) is 9.53 Å². The molecule has 0 aromatic heterocycles. The SMILES string of the molecule is CCOc1ccc(OCC(=O)NCC(c2ccccc2)N2CCOCC2)cc1. The van der Waals surface area contributed by atoms with Gasteiger partial charge in [0.1, 0.15) is 11.5 Å². The number of benzene rings is 2. The molecule has 2 aromatic rings. The van der Waals surface area contributed by atoms with Crippen molar-refractivity contribution in [2.24, 2.45) is 0 Å². The van der Waals surface area contributed by atoms with Gasteiger partial charge in [-0.25, -0.2) is 0 Å². The summed E-state index contributed by atoms with van der Waals surface area (Å²) in [5.41, 5.74) is 1.19. The Morgan fingerprint density at radius 2 is 1.68 bits per heavy atom. The van der Waals surface area contributed by atoms with Crippen LogP contribution in [0.2, 0.25) is 0 Å². The van der Waals surface area contributed by atoms with Crippen LogP contribution in [0.3, 0.4) is 0 Å². The summed E-state index contributed by atoms with van der Waals surface area (Å²) in [4.78, 5) is 14.7. The second-order valence-electron chi connectivity index (χ2n) is 6.57. The van der Waals surface area contributed by atoms with E-state index >= 15 is 0 Å². The summed E-state index contributed by atoms with van der Waals surface area (Å²) in [5.74, 6) is 1.30. The van der Waals surface area contributed by atoms with Crippen molar-refractivity contribution < 1.29 is 19.0 Å². The largest absolute Gasteiger partial charge is 0.494 e. The molecule has 3 rings (SSSR count). The van der Waals surface area contributed by atoms with Gasteiger partial charge in [0.25, 0.3) is 5.91 Å². The summed E-state index contributed by atoms with van der Waals surface area (Å²) in [5, 5.41) is 3.01. The van der Waals surface area contributed by atoms with Crippen molar-refractivity contribution in [1.82, 2.24) is 10.2 Å². The first kappa shape index (κ1) is 20.2. The van der Waals surface area contributed by atoms with Crippen molar-refractivity contribution >= 4 is 5.91 Å². The highest BCUT2D eigenvalue weighted by molar-refractivity contribution is 5.77. The first-order valence-electron chi connectivity index (χ1n) is 9.75. The van der Waals surface area contributed by atoms with Gasteiger partial charge in [-0.3, -0.25) is 9.69 Å². The quantitative estimate of drug-likeness (QED) is 0.720. The smallest absolute Gasteiger partial charge is 0.258 e. The zero-order chi connectivity index (χ0) is 19.6. The van der Waals surface area contributed by atoms with Crippen molar-refractivity contribution in [1.29, 1.82) is 0 Å². The summed E-state index contributed by atoms with van der Waals surface area (Å²) in [6.45, 7) is 6.24. The molecule has 0 aliphatic carbocycles. The molecular formula is C22H28N2O4. The number of morpholine rings is 1. The maximum absolute atomic E-state index is 12.3. The highest BCUT2D eigenvalue weighted by Crippen LogP contribution is 2.21. The number of hydrogen-bond acceptors (Lipinski definition) is 5. The molecule has 2 aromatic carbocycles. The molecule has 1 atom stereocenters. The predicted octanol–water partition coefficient (Wildman–Crippen LogP) is 2.65. The molecule has 0 bridgehead atoms. The summed E-state index contributed by atoms with van der Waals surface area (Å²) in [6, 6.07) is 17.7.